The fourth-order valence-electron chi connectivity index (χ4n) is 2.19. The molecule has 3 rings (SSSR count). The van der Waals surface area contributed by atoms with Gasteiger partial charge in [-0.3, -0.25) is 20.2 Å². The number of carbonyl (C=O) groups is 1. The average molecular weight is 423 g/mol. The molecule has 0 saturated heterocycles. The minimum Gasteiger partial charge on any atom is -0.495 e. The molecule has 8 nitrogen and oxygen atoms in total. The third kappa shape index (κ3) is 4.30. The predicted molar refractivity (Wildman–Crippen MR) is 108 cm³/mol. The number of hydrogen-bond acceptors (Lipinski definition) is 7. The van der Waals surface area contributed by atoms with Crippen LogP contribution in [0.5, 0.6) is 5.75 Å². The van der Waals surface area contributed by atoms with Crippen molar-refractivity contribution in [3.8, 4) is 5.75 Å². The third-order valence-electron chi connectivity index (χ3n) is 3.44. The maximum Gasteiger partial charge on any atom is 0.270 e. The number of anilines is 1. The first-order chi connectivity index (χ1) is 12.9. The second kappa shape index (κ2) is 7.82. The first-order valence-electron chi connectivity index (χ1n) is 7.38. The Morgan fingerprint density at radius 2 is 2.11 bits per heavy atom. The summed E-state index contributed by atoms with van der Waals surface area (Å²) in [4.78, 5) is 26.9. The van der Waals surface area contributed by atoms with Crippen molar-refractivity contribution >= 4 is 67.2 Å². The van der Waals surface area contributed by atoms with Gasteiger partial charge in [-0.2, -0.15) is 0 Å². The van der Waals surface area contributed by atoms with Crippen molar-refractivity contribution in [3.63, 3.8) is 0 Å². The van der Waals surface area contributed by atoms with Crippen LogP contribution < -0.4 is 15.4 Å². The second-order valence-electron chi connectivity index (χ2n) is 5.19. The van der Waals surface area contributed by atoms with Crippen LogP contribution in [0, 0.1) is 10.1 Å². The molecule has 11 heteroatoms. The maximum atomic E-state index is 12.3. The number of benzene rings is 2. The number of hydrogen-bond donors (Lipinski definition) is 2. The van der Waals surface area contributed by atoms with Crippen LogP contribution in [-0.4, -0.2) is 28.0 Å². The fraction of sp³-hybridized carbons (Fsp3) is 0.0625. The van der Waals surface area contributed by atoms with E-state index in [1.54, 1.807) is 18.2 Å². The van der Waals surface area contributed by atoms with Gasteiger partial charge < -0.3 is 10.1 Å². The molecule has 2 N–H and O–H groups in total. The number of fused-ring (bicyclic) bond motifs is 1. The van der Waals surface area contributed by atoms with Crippen molar-refractivity contribution < 1.29 is 14.5 Å². The smallest absolute Gasteiger partial charge is 0.270 e. The molecule has 0 radical (unpaired) electrons. The van der Waals surface area contributed by atoms with Gasteiger partial charge in [0.05, 0.1) is 27.3 Å². The Kier molecular flexibility index (Phi) is 5.49. The van der Waals surface area contributed by atoms with Crippen LogP contribution in [0.3, 0.4) is 0 Å². The summed E-state index contributed by atoms with van der Waals surface area (Å²) < 4.78 is 5.67. The highest BCUT2D eigenvalue weighted by atomic mass is 35.5. The van der Waals surface area contributed by atoms with E-state index in [9.17, 15) is 14.9 Å². The molecule has 1 heterocycles. The highest BCUT2D eigenvalue weighted by Crippen LogP contribution is 2.29. The third-order valence-corrected chi connectivity index (χ3v) is 4.88. The number of methoxy groups -OCH3 is 1. The van der Waals surface area contributed by atoms with Crippen molar-refractivity contribution in [2.75, 3.05) is 12.4 Å². The number of aromatic nitrogens is 1. The number of carbonyl (C=O) groups excluding carboxylic acids is 1. The zero-order valence-electron chi connectivity index (χ0n) is 13.7. The Morgan fingerprint density at radius 3 is 2.78 bits per heavy atom. The SMILES string of the molecule is COc1ccc(C(=O)NC(=S)Nc2nc3ccc([N+](=O)[O-])cc3s2)cc1Cl. The molecule has 0 spiro atoms. The summed E-state index contributed by atoms with van der Waals surface area (Å²) in [5.74, 6) is 0.00582. The van der Waals surface area contributed by atoms with E-state index in [-0.39, 0.29) is 10.8 Å². The Labute approximate surface area is 167 Å². The largest absolute Gasteiger partial charge is 0.495 e. The van der Waals surface area contributed by atoms with Gasteiger partial charge in [0.15, 0.2) is 10.2 Å². The Morgan fingerprint density at radius 1 is 1.33 bits per heavy atom. The summed E-state index contributed by atoms with van der Waals surface area (Å²) in [7, 11) is 1.48. The first kappa shape index (κ1) is 19.0. The van der Waals surface area contributed by atoms with Crippen molar-refractivity contribution in [2.45, 2.75) is 0 Å². The number of nitrogens with zero attached hydrogens (tertiary/aromatic N) is 2. The van der Waals surface area contributed by atoms with Crippen LogP contribution in [0.2, 0.25) is 5.02 Å². The molecule has 138 valence electrons. The summed E-state index contributed by atoms with van der Waals surface area (Å²) in [5, 5.41) is 16.9. The van der Waals surface area contributed by atoms with E-state index in [1.807, 2.05) is 0 Å². The second-order valence-corrected chi connectivity index (χ2v) is 7.03. The molecular formula is C16H11ClN4O4S2. The van der Waals surface area contributed by atoms with Crippen molar-refractivity contribution in [2.24, 2.45) is 0 Å². The minimum absolute atomic E-state index is 0.0232. The molecular weight excluding hydrogens is 412 g/mol. The van der Waals surface area contributed by atoms with Gasteiger partial charge in [-0.1, -0.05) is 22.9 Å². The lowest BCUT2D eigenvalue weighted by atomic mass is 10.2. The van der Waals surface area contributed by atoms with E-state index in [4.69, 9.17) is 28.6 Å². The van der Waals surface area contributed by atoms with E-state index in [0.717, 1.165) is 0 Å². The van der Waals surface area contributed by atoms with Gasteiger partial charge in [0, 0.05) is 17.7 Å². The molecule has 1 amide bonds. The van der Waals surface area contributed by atoms with Crippen molar-refractivity contribution in [3.05, 3.63) is 57.1 Å². The van der Waals surface area contributed by atoms with Crippen LogP contribution in [0.15, 0.2) is 36.4 Å². The van der Waals surface area contributed by atoms with Crippen LogP contribution in [0.1, 0.15) is 10.4 Å². The van der Waals surface area contributed by atoms with Gasteiger partial charge in [0.2, 0.25) is 0 Å². The summed E-state index contributed by atoms with van der Waals surface area (Å²) >= 11 is 12.3. The van der Waals surface area contributed by atoms with Crippen LogP contribution in [0.25, 0.3) is 10.2 Å². The van der Waals surface area contributed by atoms with Gasteiger partial charge in [-0.25, -0.2) is 4.98 Å². The predicted octanol–water partition coefficient (Wildman–Crippen LogP) is 3.99. The number of nitro groups is 1. The molecule has 1 aromatic heterocycles. The number of thiocarbonyl (C=S) groups is 1. The minimum atomic E-state index is -0.475. The van der Waals surface area contributed by atoms with Gasteiger partial charge >= 0.3 is 0 Å². The number of halogens is 1. The first-order valence-corrected chi connectivity index (χ1v) is 8.98. The number of thiazole rings is 1. The molecule has 0 aliphatic rings. The Balaban J connectivity index is 1.70. The zero-order valence-corrected chi connectivity index (χ0v) is 16.1. The Bertz CT molecular complexity index is 1070. The lowest BCUT2D eigenvalue weighted by molar-refractivity contribution is -0.384. The molecule has 0 fully saturated rings. The van der Waals surface area contributed by atoms with E-state index in [1.165, 1.54) is 36.6 Å². The molecule has 0 bridgehead atoms. The molecule has 0 saturated carbocycles. The van der Waals surface area contributed by atoms with E-state index in [2.05, 4.69) is 15.6 Å². The summed E-state index contributed by atoms with van der Waals surface area (Å²) in [5.41, 5.74) is 0.874. The number of amides is 1. The highest BCUT2D eigenvalue weighted by Gasteiger charge is 2.13. The van der Waals surface area contributed by atoms with Gasteiger partial charge in [0.1, 0.15) is 5.75 Å². The van der Waals surface area contributed by atoms with Gasteiger partial charge in [-0.15, -0.1) is 0 Å². The lowest BCUT2D eigenvalue weighted by Gasteiger charge is -2.08. The van der Waals surface area contributed by atoms with Crippen molar-refractivity contribution in [1.82, 2.24) is 10.3 Å². The summed E-state index contributed by atoms with van der Waals surface area (Å²) in [6.07, 6.45) is 0. The normalized spacial score (nSPS) is 10.4. The lowest BCUT2D eigenvalue weighted by Crippen LogP contribution is -2.34. The van der Waals surface area contributed by atoms with Crippen molar-refractivity contribution in [1.29, 1.82) is 0 Å². The summed E-state index contributed by atoms with van der Waals surface area (Å²) in [6, 6.07) is 8.96. The monoisotopic (exact) mass is 422 g/mol. The number of non-ortho nitro benzene ring substituents is 1. The maximum absolute atomic E-state index is 12.3. The summed E-state index contributed by atoms with van der Waals surface area (Å²) in [6.45, 7) is 0. The number of nitro benzene ring substituents is 1. The fourth-order valence-corrected chi connectivity index (χ4v) is 3.61. The van der Waals surface area contributed by atoms with Crippen LogP contribution in [0.4, 0.5) is 10.8 Å². The topological polar surface area (TPSA) is 106 Å². The molecule has 0 aliphatic carbocycles. The molecule has 0 aliphatic heterocycles. The number of rotatable bonds is 4. The molecule has 0 atom stereocenters. The van der Waals surface area contributed by atoms with Crippen LogP contribution in [-0.2, 0) is 0 Å². The molecule has 3 aromatic rings. The quantitative estimate of drug-likeness (QED) is 0.372. The van der Waals surface area contributed by atoms with E-state index < -0.39 is 10.8 Å². The van der Waals surface area contributed by atoms with Gasteiger partial charge in [0.25, 0.3) is 11.6 Å². The molecule has 2 aromatic carbocycles. The van der Waals surface area contributed by atoms with E-state index >= 15 is 0 Å². The highest BCUT2D eigenvalue weighted by molar-refractivity contribution is 7.80. The Hall–Kier alpha value is -2.82. The standard InChI is InChI=1S/C16H11ClN4O4S2/c1-25-12-5-2-8(6-10(12)17)14(22)19-15(26)20-16-18-11-4-3-9(21(23)24)7-13(11)27-16/h2-7H,1H3,(H2,18,19,20,22,26). The molecule has 27 heavy (non-hydrogen) atoms. The van der Waals surface area contributed by atoms with E-state index in [0.29, 0.717) is 31.7 Å². The molecule has 0 unspecified atom stereocenters. The average Bonchev–Trinajstić information content (AvgIpc) is 3.02. The number of nitrogens with one attached hydrogen (secondary N) is 2. The number of ether oxygens (including phenoxy) is 1. The zero-order chi connectivity index (χ0) is 19.6. The van der Waals surface area contributed by atoms with Gasteiger partial charge in [-0.05, 0) is 36.5 Å². The van der Waals surface area contributed by atoms with Crippen LogP contribution >= 0.6 is 35.2 Å².